The first-order chi connectivity index (χ1) is 7.78. The maximum Gasteiger partial charge on any atom is 0.119 e. The maximum absolute atomic E-state index is 9.18. The topological polar surface area (TPSA) is 41.5 Å². The summed E-state index contributed by atoms with van der Waals surface area (Å²) in [6.45, 7) is 2.70. The summed E-state index contributed by atoms with van der Waals surface area (Å²) in [7, 11) is 0. The summed E-state index contributed by atoms with van der Waals surface area (Å²) >= 11 is 0. The molecular weight excluding hydrogens is 202 g/mol. The number of aliphatic hydroxyl groups excluding tert-OH is 1. The molecule has 0 spiro atoms. The highest BCUT2D eigenvalue weighted by Gasteiger charge is 2.24. The van der Waals surface area contributed by atoms with Crippen LogP contribution >= 0.6 is 0 Å². The van der Waals surface area contributed by atoms with Crippen LogP contribution in [0.3, 0.4) is 0 Å². The van der Waals surface area contributed by atoms with Crippen LogP contribution in [0.1, 0.15) is 18.4 Å². The Bertz CT molecular complexity index is 319. The summed E-state index contributed by atoms with van der Waals surface area (Å²) in [5, 5.41) is 12.5. The van der Waals surface area contributed by atoms with Crippen molar-refractivity contribution in [1.82, 2.24) is 5.32 Å². The second kappa shape index (κ2) is 5.32. The van der Waals surface area contributed by atoms with E-state index in [1.165, 1.54) is 18.4 Å². The minimum atomic E-state index is 0.0498. The van der Waals surface area contributed by atoms with E-state index in [9.17, 15) is 5.11 Å². The van der Waals surface area contributed by atoms with Gasteiger partial charge in [0.2, 0.25) is 0 Å². The Morgan fingerprint density at radius 2 is 2.06 bits per heavy atom. The van der Waals surface area contributed by atoms with Crippen molar-refractivity contribution in [3.8, 4) is 5.75 Å². The second-order valence-corrected chi connectivity index (χ2v) is 4.44. The molecule has 88 valence electrons. The average molecular weight is 221 g/mol. The molecule has 1 aromatic rings. The molecule has 2 rings (SSSR count). The Morgan fingerprint density at radius 1 is 1.38 bits per heavy atom. The molecule has 1 unspecified atom stereocenters. The molecule has 3 nitrogen and oxygen atoms in total. The number of ether oxygens (including phenoxy) is 1. The Labute approximate surface area is 96.4 Å². The summed E-state index contributed by atoms with van der Waals surface area (Å²) in [6, 6.07) is 8.62. The van der Waals surface area contributed by atoms with Gasteiger partial charge in [-0.3, -0.25) is 0 Å². The van der Waals surface area contributed by atoms with Crippen LogP contribution in [0.2, 0.25) is 0 Å². The Hall–Kier alpha value is -1.06. The van der Waals surface area contributed by atoms with Gasteiger partial charge in [0, 0.05) is 6.04 Å². The molecule has 0 bridgehead atoms. The van der Waals surface area contributed by atoms with Crippen molar-refractivity contribution in [2.24, 2.45) is 0 Å². The number of nitrogens with one attached hydrogen (secondary N) is 1. The van der Waals surface area contributed by atoms with Gasteiger partial charge in [-0.2, -0.15) is 0 Å². The molecule has 1 aliphatic rings. The van der Waals surface area contributed by atoms with E-state index in [1.54, 1.807) is 0 Å². The van der Waals surface area contributed by atoms with Crippen LogP contribution < -0.4 is 10.1 Å². The fourth-order valence-corrected chi connectivity index (χ4v) is 1.57. The van der Waals surface area contributed by atoms with Gasteiger partial charge in [0.25, 0.3) is 0 Å². The molecule has 1 fully saturated rings. The highest BCUT2D eigenvalue weighted by Crippen LogP contribution is 2.19. The highest BCUT2D eigenvalue weighted by molar-refractivity contribution is 5.26. The van der Waals surface area contributed by atoms with Crippen LogP contribution in [0.4, 0.5) is 0 Å². The summed E-state index contributed by atoms with van der Waals surface area (Å²) in [5.74, 6) is 0.863. The van der Waals surface area contributed by atoms with E-state index in [2.05, 4.69) is 12.2 Å². The maximum atomic E-state index is 9.18. The SMILES string of the molecule is Cc1ccc(OCC(CO)NC2CC2)cc1. The number of benzene rings is 1. The molecule has 1 aliphatic carbocycles. The first-order valence-electron chi connectivity index (χ1n) is 5.84. The number of hydrogen-bond donors (Lipinski definition) is 2. The lowest BCUT2D eigenvalue weighted by Gasteiger charge is -2.16. The monoisotopic (exact) mass is 221 g/mol. The molecule has 0 amide bonds. The highest BCUT2D eigenvalue weighted by atomic mass is 16.5. The molecule has 0 aliphatic heterocycles. The van der Waals surface area contributed by atoms with Crippen molar-refractivity contribution in [3.05, 3.63) is 29.8 Å². The van der Waals surface area contributed by atoms with Gasteiger partial charge in [-0.15, -0.1) is 0 Å². The van der Waals surface area contributed by atoms with Crippen molar-refractivity contribution < 1.29 is 9.84 Å². The van der Waals surface area contributed by atoms with Gasteiger partial charge in [-0.1, -0.05) is 17.7 Å². The smallest absolute Gasteiger partial charge is 0.119 e. The first-order valence-corrected chi connectivity index (χ1v) is 5.84. The minimum absolute atomic E-state index is 0.0498. The third kappa shape index (κ3) is 3.51. The Morgan fingerprint density at radius 3 is 2.62 bits per heavy atom. The summed E-state index contributed by atoms with van der Waals surface area (Å²) in [5.41, 5.74) is 1.22. The van der Waals surface area contributed by atoms with E-state index in [1.807, 2.05) is 24.3 Å². The molecule has 3 heteroatoms. The second-order valence-electron chi connectivity index (χ2n) is 4.44. The van der Waals surface area contributed by atoms with E-state index in [0.717, 1.165) is 5.75 Å². The number of rotatable bonds is 6. The lowest BCUT2D eigenvalue weighted by atomic mass is 10.2. The minimum Gasteiger partial charge on any atom is -0.492 e. The van der Waals surface area contributed by atoms with Gasteiger partial charge in [0.05, 0.1) is 12.6 Å². The van der Waals surface area contributed by atoms with E-state index in [-0.39, 0.29) is 12.6 Å². The van der Waals surface area contributed by atoms with Crippen molar-refractivity contribution in [3.63, 3.8) is 0 Å². The molecule has 0 aromatic heterocycles. The zero-order chi connectivity index (χ0) is 11.4. The van der Waals surface area contributed by atoms with E-state index in [0.29, 0.717) is 12.6 Å². The van der Waals surface area contributed by atoms with Crippen molar-refractivity contribution in [1.29, 1.82) is 0 Å². The predicted octanol–water partition coefficient (Wildman–Crippen LogP) is 1.49. The van der Waals surface area contributed by atoms with Crippen LogP contribution in [0.5, 0.6) is 5.75 Å². The zero-order valence-corrected chi connectivity index (χ0v) is 9.65. The van der Waals surface area contributed by atoms with Crippen molar-refractivity contribution >= 4 is 0 Å². The largest absolute Gasteiger partial charge is 0.492 e. The summed E-state index contributed by atoms with van der Waals surface area (Å²) < 4.78 is 5.62. The quantitative estimate of drug-likeness (QED) is 0.764. The van der Waals surface area contributed by atoms with Gasteiger partial charge >= 0.3 is 0 Å². The van der Waals surface area contributed by atoms with Crippen molar-refractivity contribution in [2.45, 2.75) is 31.8 Å². The molecule has 0 radical (unpaired) electrons. The normalized spacial score (nSPS) is 17.1. The Balaban J connectivity index is 1.77. The standard InChI is InChI=1S/C13H19NO2/c1-10-2-6-13(7-3-10)16-9-12(8-15)14-11-4-5-11/h2-3,6-7,11-12,14-15H,4-5,8-9H2,1H3. The van der Waals surface area contributed by atoms with E-state index < -0.39 is 0 Å². The Kier molecular flexibility index (Phi) is 3.80. The van der Waals surface area contributed by atoms with Crippen LogP contribution in [-0.2, 0) is 0 Å². The average Bonchev–Trinajstić information content (AvgIpc) is 3.10. The molecule has 0 saturated heterocycles. The van der Waals surface area contributed by atoms with E-state index in [4.69, 9.17) is 4.74 Å². The number of aliphatic hydroxyl groups is 1. The van der Waals surface area contributed by atoms with Gasteiger partial charge in [-0.25, -0.2) is 0 Å². The first kappa shape index (κ1) is 11.4. The zero-order valence-electron chi connectivity index (χ0n) is 9.65. The van der Waals surface area contributed by atoms with Gasteiger partial charge in [-0.05, 0) is 31.9 Å². The number of aryl methyl sites for hydroxylation is 1. The molecule has 1 aromatic carbocycles. The molecule has 1 saturated carbocycles. The lowest BCUT2D eigenvalue weighted by molar-refractivity contribution is 0.182. The third-order valence-corrected chi connectivity index (χ3v) is 2.74. The third-order valence-electron chi connectivity index (χ3n) is 2.74. The van der Waals surface area contributed by atoms with Crippen LogP contribution in [0.25, 0.3) is 0 Å². The lowest BCUT2D eigenvalue weighted by Crippen LogP contribution is -2.39. The van der Waals surface area contributed by atoms with Gasteiger partial charge in [0.1, 0.15) is 12.4 Å². The fourth-order valence-electron chi connectivity index (χ4n) is 1.57. The van der Waals surface area contributed by atoms with E-state index >= 15 is 0 Å². The molecule has 16 heavy (non-hydrogen) atoms. The molecule has 2 N–H and O–H groups in total. The molecule has 0 heterocycles. The van der Waals surface area contributed by atoms with Crippen LogP contribution in [-0.4, -0.2) is 30.4 Å². The summed E-state index contributed by atoms with van der Waals surface area (Å²) in [4.78, 5) is 0. The predicted molar refractivity (Wildman–Crippen MR) is 63.7 cm³/mol. The van der Waals surface area contributed by atoms with Gasteiger partial charge in [0.15, 0.2) is 0 Å². The van der Waals surface area contributed by atoms with Crippen LogP contribution in [0, 0.1) is 6.92 Å². The summed E-state index contributed by atoms with van der Waals surface area (Å²) in [6.07, 6.45) is 2.45. The molecular formula is C13H19NO2. The molecule has 1 atom stereocenters. The number of hydrogen-bond acceptors (Lipinski definition) is 3. The fraction of sp³-hybridized carbons (Fsp3) is 0.538. The van der Waals surface area contributed by atoms with Crippen molar-refractivity contribution in [2.75, 3.05) is 13.2 Å². The van der Waals surface area contributed by atoms with Gasteiger partial charge < -0.3 is 15.2 Å². The van der Waals surface area contributed by atoms with Crippen LogP contribution in [0.15, 0.2) is 24.3 Å².